The van der Waals surface area contributed by atoms with Gasteiger partial charge in [0, 0.05) is 19.2 Å². The second-order valence-corrected chi connectivity index (χ2v) is 5.81. The van der Waals surface area contributed by atoms with Crippen LogP contribution in [0, 0.1) is 0 Å². The minimum Gasteiger partial charge on any atom is -0.484 e. The van der Waals surface area contributed by atoms with Gasteiger partial charge < -0.3 is 14.2 Å². The van der Waals surface area contributed by atoms with Crippen LogP contribution >= 0.6 is 0 Å². The lowest BCUT2D eigenvalue weighted by Gasteiger charge is -2.28. The fourth-order valence-corrected chi connectivity index (χ4v) is 2.81. The summed E-state index contributed by atoms with van der Waals surface area (Å²) >= 11 is 0. The minimum atomic E-state index is -0.354. The molecule has 1 fully saturated rings. The minimum absolute atomic E-state index is 0.147. The molecule has 0 spiro atoms. The summed E-state index contributed by atoms with van der Waals surface area (Å²) in [7, 11) is 2.91. The van der Waals surface area contributed by atoms with E-state index in [1.54, 1.807) is 24.3 Å². The van der Waals surface area contributed by atoms with E-state index in [1.165, 1.54) is 24.2 Å². The van der Waals surface area contributed by atoms with Gasteiger partial charge in [0.25, 0.3) is 11.8 Å². The number of aromatic nitrogens is 1. The van der Waals surface area contributed by atoms with E-state index in [-0.39, 0.29) is 29.9 Å². The maximum absolute atomic E-state index is 12.9. The third kappa shape index (κ3) is 4.11. The number of ether oxygens (including phenoxy) is 3. The molecule has 8 nitrogen and oxygen atoms in total. The first-order valence-electron chi connectivity index (χ1n) is 8.53. The molecule has 8 heteroatoms. The molecule has 1 aliphatic rings. The summed E-state index contributed by atoms with van der Waals surface area (Å²) in [5, 5.41) is 2.82. The highest BCUT2D eigenvalue weighted by Crippen LogP contribution is 2.24. The first-order valence-corrected chi connectivity index (χ1v) is 8.53. The lowest BCUT2D eigenvalue weighted by molar-refractivity contribution is -0.142. The van der Waals surface area contributed by atoms with Crippen molar-refractivity contribution in [2.24, 2.45) is 0 Å². The van der Waals surface area contributed by atoms with E-state index in [9.17, 15) is 9.59 Å². The second-order valence-electron chi connectivity index (χ2n) is 5.81. The van der Waals surface area contributed by atoms with Crippen molar-refractivity contribution in [3.63, 3.8) is 0 Å². The molecule has 1 aliphatic heterocycles. The smallest absolute Gasteiger partial charge is 0.279 e. The van der Waals surface area contributed by atoms with Gasteiger partial charge in [-0.3, -0.25) is 9.59 Å². The van der Waals surface area contributed by atoms with E-state index in [2.05, 4.69) is 4.98 Å². The standard InChI is InChI=1S/C19H21N3O5/c1-25-16-10-9-15(18(20-16)26-2)19(24)22-12-6-11-21(22)17(23)13-27-14-7-4-3-5-8-14/h3-5,7-10H,6,11-13H2,1-2H3. The molecule has 1 aromatic carbocycles. The van der Waals surface area contributed by atoms with E-state index in [4.69, 9.17) is 14.2 Å². The largest absolute Gasteiger partial charge is 0.484 e. The Labute approximate surface area is 157 Å². The van der Waals surface area contributed by atoms with E-state index < -0.39 is 0 Å². The molecule has 0 unspecified atom stereocenters. The topological polar surface area (TPSA) is 81.2 Å². The first-order chi connectivity index (χ1) is 13.1. The van der Waals surface area contributed by atoms with E-state index in [0.717, 1.165) is 0 Å². The summed E-state index contributed by atoms with van der Waals surface area (Å²) < 4.78 is 15.8. The molecule has 0 atom stereocenters. The lowest BCUT2D eigenvalue weighted by atomic mass is 10.2. The van der Waals surface area contributed by atoms with E-state index in [1.807, 2.05) is 18.2 Å². The van der Waals surface area contributed by atoms with Gasteiger partial charge in [-0.1, -0.05) is 18.2 Å². The van der Waals surface area contributed by atoms with Crippen LogP contribution in [-0.4, -0.2) is 60.7 Å². The number of nitrogens with zero attached hydrogens (tertiary/aromatic N) is 3. The fourth-order valence-electron chi connectivity index (χ4n) is 2.81. The highest BCUT2D eigenvalue weighted by atomic mass is 16.5. The molecule has 0 radical (unpaired) electrons. The Hall–Kier alpha value is -3.29. The Morgan fingerprint density at radius 3 is 2.44 bits per heavy atom. The summed E-state index contributed by atoms with van der Waals surface area (Å²) in [5.74, 6) is 0.454. The maximum Gasteiger partial charge on any atom is 0.279 e. The lowest BCUT2D eigenvalue weighted by Crippen LogP contribution is -2.46. The second kappa shape index (κ2) is 8.39. The Kier molecular flexibility index (Phi) is 5.75. The molecule has 27 heavy (non-hydrogen) atoms. The molecular weight excluding hydrogens is 350 g/mol. The monoisotopic (exact) mass is 371 g/mol. The van der Waals surface area contributed by atoms with Crippen molar-refractivity contribution in [1.29, 1.82) is 0 Å². The number of para-hydroxylation sites is 1. The van der Waals surface area contributed by atoms with Crippen molar-refractivity contribution >= 4 is 11.8 Å². The number of carbonyl (C=O) groups is 2. The van der Waals surface area contributed by atoms with Gasteiger partial charge in [-0.15, -0.1) is 0 Å². The molecule has 0 aliphatic carbocycles. The normalized spacial score (nSPS) is 13.4. The van der Waals surface area contributed by atoms with Crippen LogP contribution in [0.1, 0.15) is 16.8 Å². The zero-order valence-corrected chi connectivity index (χ0v) is 15.3. The number of amides is 2. The molecular formula is C19H21N3O5. The third-order valence-electron chi connectivity index (χ3n) is 4.13. The number of pyridine rings is 1. The number of rotatable bonds is 6. The number of hydrazine groups is 1. The number of hydrogen-bond acceptors (Lipinski definition) is 6. The number of benzene rings is 1. The van der Waals surface area contributed by atoms with Crippen molar-refractivity contribution in [3.05, 3.63) is 48.0 Å². The number of carbonyl (C=O) groups excluding carboxylic acids is 2. The Bertz CT molecular complexity index is 812. The quantitative estimate of drug-likeness (QED) is 0.770. The van der Waals surface area contributed by atoms with Crippen LogP contribution in [0.3, 0.4) is 0 Å². The predicted molar refractivity (Wildman–Crippen MR) is 96.6 cm³/mol. The Morgan fingerprint density at radius 2 is 1.74 bits per heavy atom. The van der Waals surface area contributed by atoms with Crippen LogP contribution in [-0.2, 0) is 4.79 Å². The van der Waals surface area contributed by atoms with Gasteiger partial charge in [-0.05, 0) is 24.6 Å². The van der Waals surface area contributed by atoms with E-state index >= 15 is 0 Å². The van der Waals surface area contributed by atoms with Crippen LogP contribution < -0.4 is 14.2 Å². The van der Waals surface area contributed by atoms with Gasteiger partial charge in [0.1, 0.15) is 11.3 Å². The third-order valence-corrected chi connectivity index (χ3v) is 4.13. The summed E-state index contributed by atoms with van der Waals surface area (Å²) in [5.41, 5.74) is 0.266. The SMILES string of the molecule is COc1ccc(C(=O)N2CCCN2C(=O)COc2ccccc2)c(OC)n1. The van der Waals surface area contributed by atoms with Gasteiger partial charge >= 0.3 is 0 Å². The first kappa shape index (κ1) is 18.5. The van der Waals surface area contributed by atoms with Crippen LogP contribution in [0.15, 0.2) is 42.5 Å². The zero-order chi connectivity index (χ0) is 19.2. The number of hydrogen-bond donors (Lipinski definition) is 0. The maximum atomic E-state index is 12.9. The van der Waals surface area contributed by atoms with Crippen LogP contribution in [0.4, 0.5) is 0 Å². The summed E-state index contributed by atoms with van der Waals surface area (Å²) in [6, 6.07) is 12.2. The Morgan fingerprint density at radius 1 is 1.00 bits per heavy atom. The zero-order valence-electron chi connectivity index (χ0n) is 15.3. The average molecular weight is 371 g/mol. The van der Waals surface area contributed by atoms with Gasteiger partial charge in [0.05, 0.1) is 14.2 Å². The van der Waals surface area contributed by atoms with Crippen molar-refractivity contribution < 1.29 is 23.8 Å². The highest BCUT2D eigenvalue weighted by molar-refractivity contribution is 5.97. The molecule has 1 saturated heterocycles. The van der Waals surface area contributed by atoms with E-state index in [0.29, 0.717) is 31.1 Å². The molecule has 142 valence electrons. The molecule has 2 amide bonds. The molecule has 2 heterocycles. The molecule has 0 bridgehead atoms. The summed E-state index contributed by atoms with van der Waals surface area (Å²) in [6.07, 6.45) is 0.689. The van der Waals surface area contributed by atoms with Crippen molar-refractivity contribution in [2.45, 2.75) is 6.42 Å². The van der Waals surface area contributed by atoms with Crippen molar-refractivity contribution in [1.82, 2.24) is 15.0 Å². The van der Waals surface area contributed by atoms with Crippen LogP contribution in [0.5, 0.6) is 17.5 Å². The summed E-state index contributed by atoms with van der Waals surface area (Å²) in [4.78, 5) is 29.6. The molecule has 3 rings (SSSR count). The molecule has 0 saturated carbocycles. The predicted octanol–water partition coefficient (Wildman–Crippen LogP) is 1.77. The molecule has 2 aromatic rings. The summed E-state index contributed by atoms with van der Waals surface area (Å²) in [6.45, 7) is 0.742. The van der Waals surface area contributed by atoms with Crippen molar-refractivity contribution in [3.8, 4) is 17.5 Å². The van der Waals surface area contributed by atoms with Crippen LogP contribution in [0.25, 0.3) is 0 Å². The Balaban J connectivity index is 1.72. The van der Waals surface area contributed by atoms with Gasteiger partial charge in [0.15, 0.2) is 6.61 Å². The highest BCUT2D eigenvalue weighted by Gasteiger charge is 2.33. The average Bonchev–Trinajstić information content (AvgIpc) is 3.21. The van der Waals surface area contributed by atoms with Gasteiger partial charge in [0.2, 0.25) is 11.8 Å². The molecule has 1 aromatic heterocycles. The fraction of sp³-hybridized carbons (Fsp3) is 0.316. The van der Waals surface area contributed by atoms with Gasteiger partial charge in [-0.2, -0.15) is 4.98 Å². The van der Waals surface area contributed by atoms with Gasteiger partial charge in [-0.25, -0.2) is 10.0 Å². The number of methoxy groups -OCH3 is 2. The van der Waals surface area contributed by atoms with Crippen molar-refractivity contribution in [2.75, 3.05) is 33.9 Å². The molecule has 0 N–H and O–H groups in total. The van der Waals surface area contributed by atoms with Crippen LogP contribution in [0.2, 0.25) is 0 Å².